The van der Waals surface area contributed by atoms with Crippen molar-refractivity contribution in [1.82, 2.24) is 5.32 Å². The molecule has 11 heteroatoms. The zero-order valence-electron chi connectivity index (χ0n) is 12.0. The summed E-state index contributed by atoms with van der Waals surface area (Å²) in [6.45, 7) is 3.64. The lowest BCUT2D eigenvalue weighted by molar-refractivity contribution is -0.159. The Hall–Kier alpha value is -1.95. The molecule has 0 heterocycles. The molecule has 0 saturated carbocycles. The van der Waals surface area contributed by atoms with Gasteiger partial charge in [0, 0.05) is 13.1 Å². The number of carbonyl (C=O) groups is 3. The number of hydrogen-bond acceptors (Lipinski definition) is 7. The van der Waals surface area contributed by atoms with E-state index in [4.69, 9.17) is 44.9 Å². The smallest absolute Gasteiger partial charge is 0.414 e. The van der Waals surface area contributed by atoms with Crippen LogP contribution >= 0.6 is 0 Å². The van der Waals surface area contributed by atoms with Crippen molar-refractivity contribution in [2.45, 2.75) is 0 Å². The SMILES string of the molecule is NCCOCCOCCOCCNC(=O)O.O=C(O)C(=O)O. The summed E-state index contributed by atoms with van der Waals surface area (Å²) in [5, 5.41) is 25.2. The van der Waals surface area contributed by atoms with E-state index in [9.17, 15) is 4.79 Å². The Morgan fingerprint density at radius 2 is 1.18 bits per heavy atom. The first kappa shape index (κ1) is 22.3. The Balaban J connectivity index is 0. The summed E-state index contributed by atoms with van der Waals surface area (Å²) < 4.78 is 15.4. The molecule has 22 heavy (non-hydrogen) atoms. The van der Waals surface area contributed by atoms with Gasteiger partial charge in [-0.2, -0.15) is 0 Å². The number of nitrogens with one attached hydrogen (secondary N) is 1. The highest BCUT2D eigenvalue weighted by atomic mass is 16.5. The third-order valence-electron chi connectivity index (χ3n) is 1.71. The molecule has 0 bridgehead atoms. The number of amides is 1. The summed E-state index contributed by atoms with van der Waals surface area (Å²) in [6.07, 6.45) is -1.04. The van der Waals surface area contributed by atoms with Gasteiger partial charge in [0.25, 0.3) is 0 Å². The number of aliphatic carboxylic acids is 2. The minimum atomic E-state index is -1.82. The van der Waals surface area contributed by atoms with Gasteiger partial charge in [0.05, 0.1) is 39.6 Å². The van der Waals surface area contributed by atoms with E-state index in [2.05, 4.69) is 5.32 Å². The number of carboxylic acid groups (broad SMARTS) is 3. The fourth-order valence-corrected chi connectivity index (χ4v) is 0.855. The highest BCUT2D eigenvalue weighted by Gasteiger charge is 2.04. The maximum atomic E-state index is 10.0. The molecule has 0 atom stereocenters. The third-order valence-corrected chi connectivity index (χ3v) is 1.71. The van der Waals surface area contributed by atoms with Gasteiger partial charge in [0.2, 0.25) is 0 Å². The van der Waals surface area contributed by atoms with Crippen LogP contribution in [0.15, 0.2) is 0 Å². The molecule has 11 nitrogen and oxygen atoms in total. The summed E-state index contributed by atoms with van der Waals surface area (Å²) in [7, 11) is 0. The second kappa shape index (κ2) is 17.1. The molecule has 0 aromatic heterocycles. The summed E-state index contributed by atoms with van der Waals surface area (Å²) in [6, 6.07) is 0. The first-order valence-corrected chi connectivity index (χ1v) is 6.28. The second-order valence-electron chi connectivity index (χ2n) is 3.47. The Morgan fingerprint density at radius 1 is 0.773 bits per heavy atom. The van der Waals surface area contributed by atoms with E-state index in [0.717, 1.165) is 0 Å². The van der Waals surface area contributed by atoms with Crippen LogP contribution in [0, 0.1) is 0 Å². The van der Waals surface area contributed by atoms with Crippen molar-refractivity contribution in [1.29, 1.82) is 0 Å². The van der Waals surface area contributed by atoms with Crippen LogP contribution in [-0.4, -0.2) is 86.1 Å². The van der Waals surface area contributed by atoms with Gasteiger partial charge in [-0.25, -0.2) is 14.4 Å². The van der Waals surface area contributed by atoms with E-state index in [-0.39, 0.29) is 6.54 Å². The standard InChI is InChI=1S/C9H20N2O5.C2H2O4/c10-1-3-14-5-7-16-8-6-15-4-2-11-9(12)13;3-1(4)2(5)6/h11H,1-8,10H2,(H,12,13);(H,3,4)(H,5,6). The Morgan fingerprint density at radius 3 is 1.55 bits per heavy atom. The van der Waals surface area contributed by atoms with Crippen molar-refractivity contribution >= 4 is 18.0 Å². The summed E-state index contributed by atoms with van der Waals surface area (Å²) >= 11 is 0. The molecule has 0 unspecified atom stereocenters. The normalized spacial score (nSPS) is 9.50. The first-order chi connectivity index (χ1) is 10.4. The monoisotopic (exact) mass is 326 g/mol. The lowest BCUT2D eigenvalue weighted by Gasteiger charge is -2.06. The number of ether oxygens (including phenoxy) is 3. The molecule has 0 aliphatic carbocycles. The quantitative estimate of drug-likeness (QED) is 0.220. The third kappa shape index (κ3) is 23.2. The van der Waals surface area contributed by atoms with Crippen molar-refractivity contribution in [3.8, 4) is 0 Å². The lowest BCUT2D eigenvalue weighted by Crippen LogP contribution is -2.25. The van der Waals surface area contributed by atoms with Crippen molar-refractivity contribution < 1.29 is 43.9 Å². The number of rotatable bonds is 11. The van der Waals surface area contributed by atoms with Crippen molar-refractivity contribution in [3.63, 3.8) is 0 Å². The van der Waals surface area contributed by atoms with Gasteiger partial charge in [0.1, 0.15) is 0 Å². The molecule has 0 aromatic carbocycles. The maximum Gasteiger partial charge on any atom is 0.414 e. The van der Waals surface area contributed by atoms with Crippen molar-refractivity contribution in [2.75, 3.05) is 52.7 Å². The van der Waals surface area contributed by atoms with Gasteiger partial charge in [-0.15, -0.1) is 0 Å². The number of nitrogens with two attached hydrogens (primary N) is 1. The molecule has 6 N–H and O–H groups in total. The average molecular weight is 326 g/mol. The van der Waals surface area contributed by atoms with Crippen LogP contribution in [0.1, 0.15) is 0 Å². The molecule has 0 aromatic rings. The molecule has 0 saturated heterocycles. The van der Waals surface area contributed by atoms with Crippen molar-refractivity contribution in [2.24, 2.45) is 5.73 Å². The second-order valence-corrected chi connectivity index (χ2v) is 3.47. The van der Waals surface area contributed by atoms with E-state index in [1.165, 1.54) is 0 Å². The summed E-state index contributed by atoms with van der Waals surface area (Å²) in [5.74, 6) is -3.65. The van der Waals surface area contributed by atoms with Gasteiger partial charge in [0.15, 0.2) is 0 Å². The minimum absolute atomic E-state index is 0.287. The van der Waals surface area contributed by atoms with E-state index < -0.39 is 18.0 Å². The molecule has 1 amide bonds. The molecule has 130 valence electrons. The van der Waals surface area contributed by atoms with Crippen LogP contribution in [0.5, 0.6) is 0 Å². The molecule has 0 fully saturated rings. The van der Waals surface area contributed by atoms with Crippen LogP contribution in [0.2, 0.25) is 0 Å². The highest BCUT2D eigenvalue weighted by molar-refractivity contribution is 6.27. The lowest BCUT2D eigenvalue weighted by atomic mass is 10.6. The zero-order valence-corrected chi connectivity index (χ0v) is 12.0. The van der Waals surface area contributed by atoms with Gasteiger partial charge < -0.3 is 40.6 Å². The van der Waals surface area contributed by atoms with Crippen LogP contribution in [0.3, 0.4) is 0 Å². The fourth-order valence-electron chi connectivity index (χ4n) is 0.855. The fraction of sp³-hybridized carbons (Fsp3) is 0.727. The summed E-state index contributed by atoms with van der Waals surface area (Å²) in [5.41, 5.74) is 5.23. The largest absolute Gasteiger partial charge is 0.473 e. The molecular weight excluding hydrogens is 304 g/mol. The number of hydrogen-bond donors (Lipinski definition) is 5. The highest BCUT2D eigenvalue weighted by Crippen LogP contribution is 1.80. The van der Waals surface area contributed by atoms with Gasteiger partial charge >= 0.3 is 18.0 Å². The Kier molecular flexibility index (Phi) is 17.4. The molecule has 0 spiro atoms. The van der Waals surface area contributed by atoms with Crippen LogP contribution in [0.25, 0.3) is 0 Å². The molecule has 0 rings (SSSR count). The zero-order chi connectivity index (χ0) is 17.2. The summed E-state index contributed by atoms with van der Waals surface area (Å²) in [4.78, 5) is 28.2. The van der Waals surface area contributed by atoms with E-state index in [0.29, 0.717) is 46.2 Å². The van der Waals surface area contributed by atoms with E-state index in [1.54, 1.807) is 0 Å². The van der Waals surface area contributed by atoms with Crippen molar-refractivity contribution in [3.05, 3.63) is 0 Å². The molecule has 0 radical (unpaired) electrons. The van der Waals surface area contributed by atoms with E-state index in [1.807, 2.05) is 0 Å². The molecule has 0 aliphatic rings. The topological polar surface area (TPSA) is 178 Å². The molecule has 0 aliphatic heterocycles. The van der Waals surface area contributed by atoms with Crippen LogP contribution in [-0.2, 0) is 23.8 Å². The van der Waals surface area contributed by atoms with E-state index >= 15 is 0 Å². The van der Waals surface area contributed by atoms with Crippen LogP contribution in [0.4, 0.5) is 4.79 Å². The maximum absolute atomic E-state index is 10.0. The minimum Gasteiger partial charge on any atom is -0.473 e. The van der Waals surface area contributed by atoms with Gasteiger partial charge in [-0.05, 0) is 0 Å². The van der Waals surface area contributed by atoms with Gasteiger partial charge in [-0.3, -0.25) is 0 Å². The molecular formula is C11H22N2O9. The predicted octanol–water partition coefficient (Wildman–Crippen LogP) is -1.58. The number of carboxylic acids is 2. The first-order valence-electron chi connectivity index (χ1n) is 6.28. The van der Waals surface area contributed by atoms with Gasteiger partial charge in [-0.1, -0.05) is 0 Å². The predicted molar refractivity (Wildman–Crippen MR) is 72.8 cm³/mol. The van der Waals surface area contributed by atoms with Crippen LogP contribution < -0.4 is 11.1 Å². The average Bonchev–Trinajstić information content (AvgIpc) is 2.45. The Labute approximate surface area is 126 Å². The Bertz CT molecular complexity index is 300.